The molecular formula is C14H16ClN3O5. The zero-order chi connectivity index (χ0) is 17.1. The van der Waals surface area contributed by atoms with E-state index in [1.165, 1.54) is 20.1 Å². The largest absolute Gasteiger partial charge is 0.465 e. The van der Waals surface area contributed by atoms with Gasteiger partial charge in [-0.15, -0.1) is 0 Å². The minimum Gasteiger partial charge on any atom is -0.465 e. The van der Waals surface area contributed by atoms with Gasteiger partial charge in [-0.25, -0.2) is 4.79 Å². The van der Waals surface area contributed by atoms with E-state index < -0.39 is 10.9 Å². The van der Waals surface area contributed by atoms with Crippen molar-refractivity contribution >= 4 is 34.9 Å². The number of anilines is 1. The maximum atomic E-state index is 11.6. The number of methoxy groups -OCH3 is 1. The van der Waals surface area contributed by atoms with Crippen molar-refractivity contribution in [3.05, 3.63) is 32.8 Å². The van der Waals surface area contributed by atoms with Crippen molar-refractivity contribution in [1.29, 1.82) is 0 Å². The summed E-state index contributed by atoms with van der Waals surface area (Å²) in [5, 5.41) is 14.3. The molecule has 1 aliphatic rings. The molecule has 0 saturated carbocycles. The highest BCUT2D eigenvalue weighted by Crippen LogP contribution is 2.33. The van der Waals surface area contributed by atoms with Crippen LogP contribution in [0.15, 0.2) is 12.1 Å². The average Bonchev–Trinajstić information content (AvgIpc) is 2.95. The average molecular weight is 342 g/mol. The topological polar surface area (TPSA) is 102 Å². The summed E-state index contributed by atoms with van der Waals surface area (Å²) in [6.07, 6.45) is 0.674. The molecule has 0 spiro atoms. The SMILES string of the molecule is COC(=O)c1cc([N+](=O)[O-])c(NC2CCN(C(C)=O)C2)cc1Cl. The summed E-state index contributed by atoms with van der Waals surface area (Å²) in [5.74, 6) is -0.781. The van der Waals surface area contributed by atoms with Crippen molar-refractivity contribution in [1.82, 2.24) is 4.90 Å². The lowest BCUT2D eigenvalue weighted by molar-refractivity contribution is -0.384. The molecule has 0 aliphatic carbocycles. The molecular weight excluding hydrogens is 326 g/mol. The molecule has 1 unspecified atom stereocenters. The second-order valence-electron chi connectivity index (χ2n) is 5.19. The predicted molar refractivity (Wildman–Crippen MR) is 83.7 cm³/mol. The maximum absolute atomic E-state index is 11.6. The zero-order valence-corrected chi connectivity index (χ0v) is 13.4. The summed E-state index contributed by atoms with van der Waals surface area (Å²) in [6, 6.07) is 2.31. The van der Waals surface area contributed by atoms with Gasteiger partial charge >= 0.3 is 5.97 Å². The Bertz CT molecular complexity index is 664. The Balaban J connectivity index is 2.28. The van der Waals surface area contributed by atoms with Gasteiger partial charge in [0.1, 0.15) is 5.69 Å². The van der Waals surface area contributed by atoms with E-state index in [2.05, 4.69) is 10.1 Å². The van der Waals surface area contributed by atoms with Crippen LogP contribution in [0.4, 0.5) is 11.4 Å². The fraction of sp³-hybridized carbons (Fsp3) is 0.429. The molecule has 1 heterocycles. The Hall–Kier alpha value is -2.35. The third-order valence-corrected chi connectivity index (χ3v) is 3.99. The number of amides is 1. The fourth-order valence-electron chi connectivity index (χ4n) is 2.48. The molecule has 2 rings (SSSR count). The summed E-state index contributed by atoms with van der Waals surface area (Å²) in [6.45, 7) is 2.53. The van der Waals surface area contributed by atoms with Crippen molar-refractivity contribution in [2.75, 3.05) is 25.5 Å². The van der Waals surface area contributed by atoms with E-state index in [1.807, 2.05) is 0 Å². The van der Waals surface area contributed by atoms with Crippen LogP contribution in [0.25, 0.3) is 0 Å². The van der Waals surface area contributed by atoms with E-state index in [-0.39, 0.29) is 33.9 Å². The van der Waals surface area contributed by atoms with Gasteiger partial charge in [0.15, 0.2) is 0 Å². The van der Waals surface area contributed by atoms with Gasteiger partial charge in [-0.05, 0) is 12.5 Å². The number of carbonyl (C=O) groups excluding carboxylic acids is 2. The van der Waals surface area contributed by atoms with E-state index in [0.29, 0.717) is 19.5 Å². The predicted octanol–water partition coefficient (Wildman–Crippen LogP) is 2.07. The summed E-state index contributed by atoms with van der Waals surface area (Å²) >= 11 is 6.02. The van der Waals surface area contributed by atoms with E-state index in [4.69, 9.17) is 11.6 Å². The summed E-state index contributed by atoms with van der Waals surface area (Å²) in [5.41, 5.74) is -0.123. The van der Waals surface area contributed by atoms with Gasteiger partial charge in [0.25, 0.3) is 5.69 Å². The summed E-state index contributed by atoms with van der Waals surface area (Å²) in [7, 11) is 1.17. The van der Waals surface area contributed by atoms with Crippen molar-refractivity contribution in [3.63, 3.8) is 0 Å². The van der Waals surface area contributed by atoms with E-state index in [9.17, 15) is 19.7 Å². The van der Waals surface area contributed by atoms with Crippen molar-refractivity contribution in [3.8, 4) is 0 Å². The monoisotopic (exact) mass is 341 g/mol. The first-order valence-corrected chi connectivity index (χ1v) is 7.29. The number of rotatable bonds is 4. The van der Waals surface area contributed by atoms with Crippen LogP contribution in [0.2, 0.25) is 5.02 Å². The lowest BCUT2D eigenvalue weighted by atomic mass is 10.1. The number of hydrogen-bond acceptors (Lipinski definition) is 6. The second-order valence-corrected chi connectivity index (χ2v) is 5.60. The van der Waals surface area contributed by atoms with Crippen molar-refractivity contribution in [2.45, 2.75) is 19.4 Å². The molecule has 8 nitrogen and oxygen atoms in total. The second kappa shape index (κ2) is 6.82. The summed E-state index contributed by atoms with van der Waals surface area (Å²) in [4.78, 5) is 35.2. The first-order valence-electron chi connectivity index (χ1n) is 6.91. The number of ether oxygens (including phenoxy) is 1. The first kappa shape index (κ1) is 17.0. The number of nitro groups is 1. The number of nitrogens with zero attached hydrogens (tertiary/aromatic N) is 2. The van der Waals surface area contributed by atoms with Crippen LogP contribution in [-0.2, 0) is 9.53 Å². The number of carbonyl (C=O) groups is 2. The molecule has 1 aromatic rings. The Labute approximate surface area is 137 Å². The fourth-order valence-corrected chi connectivity index (χ4v) is 2.72. The highest BCUT2D eigenvalue weighted by Gasteiger charge is 2.28. The standard InChI is InChI=1S/C14H16ClN3O5/c1-8(19)17-4-3-9(7-17)16-12-6-11(15)10(14(20)23-2)5-13(12)18(21)22/h5-6,9,16H,3-4,7H2,1-2H3. The maximum Gasteiger partial charge on any atom is 0.339 e. The number of nitrogens with one attached hydrogen (secondary N) is 1. The molecule has 0 radical (unpaired) electrons. The van der Waals surface area contributed by atoms with Crippen LogP contribution in [0.1, 0.15) is 23.7 Å². The molecule has 0 bridgehead atoms. The first-order chi connectivity index (χ1) is 10.8. The van der Waals surface area contributed by atoms with Gasteiger partial charge in [0.05, 0.1) is 22.6 Å². The number of hydrogen-bond donors (Lipinski definition) is 1. The molecule has 1 saturated heterocycles. The summed E-state index contributed by atoms with van der Waals surface area (Å²) < 4.78 is 4.56. The molecule has 1 N–H and O–H groups in total. The molecule has 9 heteroatoms. The molecule has 1 aliphatic heterocycles. The van der Waals surface area contributed by atoms with Crippen LogP contribution >= 0.6 is 11.6 Å². The highest BCUT2D eigenvalue weighted by molar-refractivity contribution is 6.34. The smallest absolute Gasteiger partial charge is 0.339 e. The minimum absolute atomic E-state index is 0.0390. The Kier molecular flexibility index (Phi) is 5.05. The molecule has 0 aromatic heterocycles. The molecule has 1 fully saturated rings. The van der Waals surface area contributed by atoms with E-state index in [1.54, 1.807) is 4.90 Å². The van der Waals surface area contributed by atoms with Crippen molar-refractivity contribution < 1.29 is 19.2 Å². The van der Waals surface area contributed by atoms with Gasteiger partial charge in [-0.2, -0.15) is 0 Å². The molecule has 23 heavy (non-hydrogen) atoms. The molecule has 124 valence electrons. The normalized spacial score (nSPS) is 17.0. The molecule has 1 atom stereocenters. The number of nitro benzene ring substituents is 1. The number of likely N-dealkylation sites (tertiary alicyclic amines) is 1. The van der Waals surface area contributed by atoms with E-state index in [0.717, 1.165) is 6.07 Å². The van der Waals surface area contributed by atoms with E-state index >= 15 is 0 Å². The molecule has 1 aromatic carbocycles. The Morgan fingerprint density at radius 3 is 2.70 bits per heavy atom. The Morgan fingerprint density at radius 2 is 2.17 bits per heavy atom. The number of esters is 1. The Morgan fingerprint density at radius 1 is 1.48 bits per heavy atom. The van der Waals surface area contributed by atoms with Gasteiger partial charge < -0.3 is 15.0 Å². The van der Waals surface area contributed by atoms with Crippen LogP contribution < -0.4 is 5.32 Å². The van der Waals surface area contributed by atoms with Crippen molar-refractivity contribution in [2.24, 2.45) is 0 Å². The lowest BCUT2D eigenvalue weighted by Crippen LogP contribution is -2.29. The van der Waals surface area contributed by atoms with Crippen LogP contribution in [0.3, 0.4) is 0 Å². The number of halogens is 1. The van der Waals surface area contributed by atoms with Crippen LogP contribution in [0, 0.1) is 10.1 Å². The number of benzene rings is 1. The van der Waals surface area contributed by atoms with Gasteiger partial charge in [-0.1, -0.05) is 11.6 Å². The third kappa shape index (κ3) is 3.70. The third-order valence-electron chi connectivity index (χ3n) is 3.68. The van der Waals surface area contributed by atoms with Gasteiger partial charge in [-0.3, -0.25) is 14.9 Å². The minimum atomic E-state index is -0.742. The van der Waals surface area contributed by atoms with Crippen LogP contribution in [0.5, 0.6) is 0 Å². The molecule has 1 amide bonds. The lowest BCUT2D eigenvalue weighted by Gasteiger charge is -2.16. The van der Waals surface area contributed by atoms with Crippen LogP contribution in [-0.4, -0.2) is 47.9 Å². The van der Waals surface area contributed by atoms with Gasteiger partial charge in [0, 0.05) is 32.1 Å². The van der Waals surface area contributed by atoms with Gasteiger partial charge in [0.2, 0.25) is 5.91 Å². The highest BCUT2D eigenvalue weighted by atomic mass is 35.5. The quantitative estimate of drug-likeness (QED) is 0.511. The zero-order valence-electron chi connectivity index (χ0n) is 12.7.